The van der Waals surface area contributed by atoms with E-state index in [1.165, 1.54) is 51.4 Å². The second kappa shape index (κ2) is 6.71. The van der Waals surface area contributed by atoms with Crippen molar-refractivity contribution in [3.63, 3.8) is 0 Å². The van der Waals surface area contributed by atoms with Gasteiger partial charge in [-0.2, -0.15) is 0 Å². The van der Waals surface area contributed by atoms with Gasteiger partial charge in [-0.25, -0.2) is 0 Å². The van der Waals surface area contributed by atoms with E-state index in [9.17, 15) is 9.90 Å². The molecule has 0 aliphatic heterocycles. The molecule has 0 heterocycles. The van der Waals surface area contributed by atoms with E-state index in [2.05, 4.69) is 40.7 Å². The maximum atomic E-state index is 11.4. The van der Waals surface area contributed by atoms with Gasteiger partial charge in [0.15, 0.2) is 5.78 Å². The lowest BCUT2D eigenvalue weighted by Crippen LogP contribution is -2.57. The first kappa shape index (κ1) is 22.2. The topological polar surface area (TPSA) is 37.3 Å². The van der Waals surface area contributed by atoms with E-state index in [-0.39, 0.29) is 17.3 Å². The SMILES string of the molecule is CC(=O)C=CC[C@@H](C)[C@H]1CC[C@@]2(C)[C@H]3CC[C@@H]4C(C)(C)[C@@H](O)CC[C@@]45C[C@@]35CC[C@]12C. The summed E-state index contributed by atoms with van der Waals surface area (Å²) in [6.07, 6.45) is 16.9. The smallest absolute Gasteiger partial charge is 0.152 e. The van der Waals surface area contributed by atoms with Gasteiger partial charge in [-0.1, -0.05) is 40.7 Å². The molecule has 0 unspecified atom stereocenters. The zero-order valence-corrected chi connectivity index (χ0v) is 21.0. The van der Waals surface area contributed by atoms with Crippen LogP contribution in [0.5, 0.6) is 0 Å². The maximum Gasteiger partial charge on any atom is 0.152 e. The number of carbonyl (C=O) groups is 1. The Labute approximate surface area is 190 Å². The van der Waals surface area contributed by atoms with Crippen molar-refractivity contribution in [3.8, 4) is 0 Å². The third-order valence-corrected chi connectivity index (χ3v) is 12.7. The van der Waals surface area contributed by atoms with Crippen molar-refractivity contribution < 1.29 is 9.90 Å². The molecular weight excluding hydrogens is 380 g/mol. The monoisotopic (exact) mass is 426 g/mol. The van der Waals surface area contributed by atoms with E-state index in [0.29, 0.717) is 27.6 Å². The number of rotatable bonds is 4. The van der Waals surface area contributed by atoms with Gasteiger partial charge in [-0.15, -0.1) is 0 Å². The van der Waals surface area contributed by atoms with Crippen molar-refractivity contribution in [2.24, 2.45) is 50.7 Å². The molecule has 0 bridgehead atoms. The van der Waals surface area contributed by atoms with Crippen LogP contribution in [0.1, 0.15) is 106 Å². The summed E-state index contributed by atoms with van der Waals surface area (Å²) in [5, 5.41) is 10.8. The molecule has 5 aliphatic rings. The number of hydrogen-bond acceptors (Lipinski definition) is 2. The van der Waals surface area contributed by atoms with Gasteiger partial charge in [-0.3, -0.25) is 4.79 Å². The van der Waals surface area contributed by atoms with Gasteiger partial charge >= 0.3 is 0 Å². The standard InChI is InChI=1S/C29H46O2/c1-19(8-7-9-20(2)30)21-12-14-27(6)23-11-10-22-25(3,4)24(31)13-15-28(22)18-29(23,28)17-16-26(21,27)5/h7,9,19,21-24,31H,8,10-18H2,1-6H3/t19-,21-,22-,23-,24+,26-,27+,28-,29+/m1/s1. The van der Waals surface area contributed by atoms with Crippen molar-refractivity contribution in [2.75, 3.05) is 0 Å². The Hall–Kier alpha value is -0.630. The fraction of sp³-hybridized carbons (Fsp3) is 0.897. The van der Waals surface area contributed by atoms with Crippen molar-refractivity contribution >= 4 is 5.78 Å². The summed E-state index contributed by atoms with van der Waals surface area (Å²) in [4.78, 5) is 11.4. The molecule has 0 saturated heterocycles. The Morgan fingerprint density at radius 1 is 0.935 bits per heavy atom. The molecule has 0 aromatic rings. The molecule has 0 aromatic carbocycles. The molecule has 2 nitrogen and oxygen atoms in total. The van der Waals surface area contributed by atoms with Crippen LogP contribution in [0.3, 0.4) is 0 Å². The molecule has 2 heteroatoms. The predicted molar refractivity (Wildman–Crippen MR) is 126 cm³/mol. The highest BCUT2D eigenvalue weighted by molar-refractivity contribution is 5.87. The summed E-state index contributed by atoms with van der Waals surface area (Å²) in [6, 6.07) is 0. The predicted octanol–water partition coefficient (Wildman–Crippen LogP) is 6.96. The van der Waals surface area contributed by atoms with Crippen molar-refractivity contribution in [1.29, 1.82) is 0 Å². The molecule has 2 spiro atoms. The minimum atomic E-state index is -0.110. The highest BCUT2D eigenvalue weighted by atomic mass is 16.3. The lowest BCUT2D eigenvalue weighted by molar-refractivity contribution is -0.161. The summed E-state index contributed by atoms with van der Waals surface area (Å²) in [5.74, 6) is 3.21. The van der Waals surface area contributed by atoms with E-state index in [4.69, 9.17) is 0 Å². The molecule has 5 aliphatic carbocycles. The Bertz CT molecular complexity index is 797. The largest absolute Gasteiger partial charge is 0.393 e. The molecule has 0 radical (unpaired) electrons. The van der Waals surface area contributed by atoms with Crippen LogP contribution in [0.15, 0.2) is 12.2 Å². The van der Waals surface area contributed by atoms with Crippen LogP contribution < -0.4 is 0 Å². The summed E-state index contributed by atoms with van der Waals surface area (Å²) < 4.78 is 0. The van der Waals surface area contributed by atoms with Crippen molar-refractivity contribution in [1.82, 2.24) is 0 Å². The summed E-state index contributed by atoms with van der Waals surface area (Å²) in [7, 11) is 0. The average molecular weight is 427 g/mol. The molecule has 1 N–H and O–H groups in total. The van der Waals surface area contributed by atoms with Gasteiger partial charge in [0.1, 0.15) is 0 Å². The van der Waals surface area contributed by atoms with Crippen LogP contribution in [-0.2, 0) is 4.79 Å². The van der Waals surface area contributed by atoms with E-state index in [1.54, 1.807) is 13.0 Å². The number of ketones is 1. The van der Waals surface area contributed by atoms with Crippen LogP contribution in [0.2, 0.25) is 0 Å². The summed E-state index contributed by atoms with van der Waals surface area (Å²) >= 11 is 0. The molecule has 9 atom stereocenters. The van der Waals surface area contributed by atoms with Gasteiger partial charge in [-0.05, 0) is 128 Å². The van der Waals surface area contributed by atoms with Gasteiger partial charge in [0, 0.05) is 0 Å². The molecule has 0 amide bonds. The first-order chi connectivity index (χ1) is 14.4. The Morgan fingerprint density at radius 3 is 2.32 bits per heavy atom. The number of allylic oxidation sites excluding steroid dienone is 2. The van der Waals surface area contributed by atoms with Crippen molar-refractivity contribution in [2.45, 2.75) is 112 Å². The average Bonchev–Trinajstić information content (AvgIpc) is 3.27. The lowest BCUT2D eigenvalue weighted by Gasteiger charge is -2.63. The van der Waals surface area contributed by atoms with E-state index >= 15 is 0 Å². The summed E-state index contributed by atoms with van der Waals surface area (Å²) in [5.41, 5.74) is 2.10. The minimum Gasteiger partial charge on any atom is -0.393 e. The number of aliphatic hydroxyl groups excluding tert-OH is 1. The van der Waals surface area contributed by atoms with Gasteiger partial charge in [0.05, 0.1) is 6.10 Å². The number of fused-ring (bicyclic) bond motifs is 2. The van der Waals surface area contributed by atoms with E-state index in [0.717, 1.165) is 30.6 Å². The lowest BCUT2D eigenvalue weighted by atomic mass is 9.42. The van der Waals surface area contributed by atoms with Crippen molar-refractivity contribution in [3.05, 3.63) is 12.2 Å². The van der Waals surface area contributed by atoms with E-state index < -0.39 is 0 Å². The summed E-state index contributed by atoms with van der Waals surface area (Å²) in [6.45, 7) is 14.2. The fourth-order valence-electron chi connectivity index (χ4n) is 10.9. The molecule has 5 rings (SSSR count). The van der Waals surface area contributed by atoms with Gasteiger partial charge < -0.3 is 5.11 Å². The van der Waals surface area contributed by atoms with Crippen LogP contribution in [-0.4, -0.2) is 17.0 Å². The van der Waals surface area contributed by atoms with E-state index in [1.807, 2.05) is 0 Å². The minimum absolute atomic E-state index is 0.0874. The number of carbonyl (C=O) groups excluding carboxylic acids is 1. The molecular formula is C29H46O2. The third-order valence-electron chi connectivity index (χ3n) is 12.7. The Morgan fingerprint density at radius 2 is 1.61 bits per heavy atom. The fourth-order valence-corrected chi connectivity index (χ4v) is 10.9. The molecule has 0 aromatic heterocycles. The van der Waals surface area contributed by atoms with Crippen LogP contribution in [0.4, 0.5) is 0 Å². The number of aliphatic hydroxyl groups is 1. The zero-order valence-electron chi connectivity index (χ0n) is 21.0. The Balaban J connectivity index is 1.42. The third kappa shape index (κ3) is 2.64. The molecule has 5 saturated carbocycles. The van der Waals surface area contributed by atoms with Crippen LogP contribution >= 0.6 is 0 Å². The number of hydrogen-bond donors (Lipinski definition) is 1. The Kier molecular flexibility index (Phi) is 4.80. The molecule has 5 fully saturated rings. The normalized spacial score (nSPS) is 53.3. The zero-order chi connectivity index (χ0) is 22.4. The van der Waals surface area contributed by atoms with Gasteiger partial charge in [0.25, 0.3) is 0 Å². The maximum absolute atomic E-state index is 11.4. The van der Waals surface area contributed by atoms with Crippen LogP contribution in [0.25, 0.3) is 0 Å². The quantitative estimate of drug-likeness (QED) is 0.493. The second-order valence-corrected chi connectivity index (χ2v) is 13.8. The second-order valence-electron chi connectivity index (χ2n) is 13.8. The highest BCUT2D eigenvalue weighted by Gasteiger charge is 2.82. The molecule has 174 valence electrons. The first-order valence-corrected chi connectivity index (χ1v) is 13.3. The highest BCUT2D eigenvalue weighted by Crippen LogP contribution is 2.89. The van der Waals surface area contributed by atoms with Gasteiger partial charge in [0.2, 0.25) is 0 Å². The first-order valence-electron chi connectivity index (χ1n) is 13.3. The van der Waals surface area contributed by atoms with Crippen LogP contribution in [0, 0.1) is 50.7 Å². The molecule has 31 heavy (non-hydrogen) atoms.